The van der Waals surface area contributed by atoms with Crippen LogP contribution in [0.4, 0.5) is 0 Å². The summed E-state index contributed by atoms with van der Waals surface area (Å²) in [7, 11) is 0. The summed E-state index contributed by atoms with van der Waals surface area (Å²) in [4.78, 5) is 7.80. The SMILES string of the molecule is CCN(CCc1cc(C)n(-c2ccccc2)n1)CCN1CCN(C(c2ccccc2)c2ccc(Cl)cc2)CC1. The molecule has 5 nitrogen and oxygen atoms in total. The number of halogens is 1. The van der Waals surface area contributed by atoms with E-state index in [1.807, 2.05) is 18.2 Å². The Hall–Kier alpha value is -2.96. The van der Waals surface area contributed by atoms with Gasteiger partial charge in [-0.1, -0.05) is 79.2 Å². The van der Waals surface area contributed by atoms with Crippen molar-refractivity contribution >= 4 is 11.6 Å². The van der Waals surface area contributed by atoms with E-state index >= 15 is 0 Å². The maximum Gasteiger partial charge on any atom is 0.0648 e. The van der Waals surface area contributed by atoms with Crippen LogP contribution in [0.25, 0.3) is 5.69 Å². The highest BCUT2D eigenvalue weighted by Crippen LogP contribution is 2.30. The van der Waals surface area contributed by atoms with Crippen LogP contribution in [-0.2, 0) is 6.42 Å². The number of para-hydroxylation sites is 1. The van der Waals surface area contributed by atoms with Crippen LogP contribution >= 0.6 is 11.6 Å². The zero-order valence-corrected chi connectivity index (χ0v) is 24.0. The Balaban J connectivity index is 1.13. The molecule has 1 atom stereocenters. The number of hydrogen-bond acceptors (Lipinski definition) is 4. The molecule has 0 aliphatic carbocycles. The van der Waals surface area contributed by atoms with Crippen LogP contribution in [0.3, 0.4) is 0 Å². The van der Waals surface area contributed by atoms with E-state index < -0.39 is 0 Å². The van der Waals surface area contributed by atoms with Crippen LogP contribution < -0.4 is 0 Å². The predicted molar refractivity (Wildman–Crippen MR) is 162 cm³/mol. The number of aromatic nitrogens is 2. The Bertz CT molecular complexity index is 1280. The lowest BCUT2D eigenvalue weighted by Crippen LogP contribution is -2.49. The summed E-state index contributed by atoms with van der Waals surface area (Å²) in [6.07, 6.45) is 0.974. The Labute approximate surface area is 238 Å². The number of likely N-dealkylation sites (N-methyl/N-ethyl adjacent to an activating group) is 1. The van der Waals surface area contributed by atoms with Crippen molar-refractivity contribution in [2.24, 2.45) is 0 Å². The summed E-state index contributed by atoms with van der Waals surface area (Å²) in [6, 6.07) is 32.1. The van der Waals surface area contributed by atoms with Gasteiger partial charge in [-0.25, -0.2) is 4.68 Å². The molecule has 1 aliphatic rings. The van der Waals surface area contributed by atoms with E-state index in [9.17, 15) is 0 Å². The third-order valence-corrected chi connectivity index (χ3v) is 8.13. The fourth-order valence-corrected chi connectivity index (χ4v) is 5.74. The smallest absolute Gasteiger partial charge is 0.0648 e. The molecule has 0 bridgehead atoms. The first-order valence-electron chi connectivity index (χ1n) is 14.2. The van der Waals surface area contributed by atoms with Gasteiger partial charge in [0.1, 0.15) is 0 Å². The summed E-state index contributed by atoms with van der Waals surface area (Å²) >= 11 is 6.20. The molecule has 5 rings (SSSR count). The molecule has 39 heavy (non-hydrogen) atoms. The van der Waals surface area contributed by atoms with E-state index in [0.717, 1.165) is 75.2 Å². The minimum Gasteiger partial charge on any atom is -0.302 e. The summed E-state index contributed by atoms with van der Waals surface area (Å²) in [5.74, 6) is 0. The zero-order chi connectivity index (χ0) is 27.0. The van der Waals surface area contributed by atoms with Gasteiger partial charge in [0.25, 0.3) is 0 Å². The van der Waals surface area contributed by atoms with E-state index in [1.54, 1.807) is 0 Å². The van der Waals surface area contributed by atoms with Crippen molar-refractivity contribution < 1.29 is 0 Å². The largest absolute Gasteiger partial charge is 0.302 e. The van der Waals surface area contributed by atoms with Gasteiger partial charge in [0.2, 0.25) is 0 Å². The van der Waals surface area contributed by atoms with Crippen molar-refractivity contribution in [1.82, 2.24) is 24.5 Å². The van der Waals surface area contributed by atoms with Gasteiger partial charge in [-0.2, -0.15) is 5.10 Å². The quantitative estimate of drug-likeness (QED) is 0.229. The molecule has 1 unspecified atom stereocenters. The summed E-state index contributed by atoms with van der Waals surface area (Å²) in [5, 5.41) is 5.67. The Morgan fingerprint density at radius 1 is 0.821 bits per heavy atom. The van der Waals surface area contributed by atoms with Gasteiger partial charge in [-0.05, 0) is 54.9 Å². The molecule has 0 saturated carbocycles. The molecule has 1 aliphatic heterocycles. The molecule has 4 aromatic rings. The molecule has 3 aromatic carbocycles. The Morgan fingerprint density at radius 3 is 2.13 bits per heavy atom. The molecule has 0 amide bonds. The van der Waals surface area contributed by atoms with E-state index in [1.165, 1.54) is 16.8 Å². The summed E-state index contributed by atoms with van der Waals surface area (Å²) in [6.45, 7) is 13.0. The predicted octanol–water partition coefficient (Wildman–Crippen LogP) is 6.11. The molecule has 1 saturated heterocycles. The third kappa shape index (κ3) is 7.17. The third-order valence-electron chi connectivity index (χ3n) is 7.88. The number of hydrogen-bond donors (Lipinski definition) is 0. The molecule has 6 heteroatoms. The first-order valence-corrected chi connectivity index (χ1v) is 14.6. The lowest BCUT2D eigenvalue weighted by atomic mass is 9.96. The van der Waals surface area contributed by atoms with Crippen molar-refractivity contribution in [3.05, 3.63) is 119 Å². The number of aryl methyl sites for hydroxylation is 1. The molecule has 0 spiro atoms. The summed E-state index contributed by atoms with van der Waals surface area (Å²) in [5.41, 5.74) is 6.12. The number of rotatable bonds is 11. The van der Waals surface area contributed by atoms with Gasteiger partial charge in [-0.15, -0.1) is 0 Å². The monoisotopic (exact) mass is 541 g/mol. The molecule has 204 valence electrons. The number of benzene rings is 3. The maximum absolute atomic E-state index is 6.20. The van der Waals surface area contributed by atoms with E-state index in [2.05, 4.69) is 106 Å². The fraction of sp³-hybridized carbons (Fsp3) is 0.364. The lowest BCUT2D eigenvalue weighted by Gasteiger charge is -2.40. The van der Waals surface area contributed by atoms with Gasteiger partial charge in [0.05, 0.1) is 17.4 Å². The number of piperazine rings is 1. The van der Waals surface area contributed by atoms with Crippen LogP contribution in [0.2, 0.25) is 5.02 Å². The second kappa shape index (κ2) is 13.4. The van der Waals surface area contributed by atoms with E-state index in [4.69, 9.17) is 16.7 Å². The normalized spacial score (nSPS) is 15.6. The van der Waals surface area contributed by atoms with Gasteiger partial charge in [-0.3, -0.25) is 9.80 Å². The highest BCUT2D eigenvalue weighted by atomic mass is 35.5. The van der Waals surface area contributed by atoms with Crippen LogP contribution in [-0.4, -0.2) is 76.8 Å². The second-order valence-electron chi connectivity index (χ2n) is 10.5. The first kappa shape index (κ1) is 27.6. The maximum atomic E-state index is 6.20. The van der Waals surface area contributed by atoms with Crippen molar-refractivity contribution in [2.45, 2.75) is 26.3 Å². The highest BCUT2D eigenvalue weighted by Gasteiger charge is 2.26. The Kier molecular flexibility index (Phi) is 9.49. The van der Waals surface area contributed by atoms with Crippen LogP contribution in [0.5, 0.6) is 0 Å². The van der Waals surface area contributed by atoms with Crippen molar-refractivity contribution in [3.63, 3.8) is 0 Å². The average molecular weight is 542 g/mol. The molecular formula is C33H40ClN5. The lowest BCUT2D eigenvalue weighted by molar-refractivity contribution is 0.0999. The number of nitrogens with zero attached hydrogens (tertiary/aromatic N) is 5. The van der Waals surface area contributed by atoms with Crippen LogP contribution in [0.1, 0.15) is 35.5 Å². The van der Waals surface area contributed by atoms with Crippen LogP contribution in [0, 0.1) is 6.92 Å². The second-order valence-corrected chi connectivity index (χ2v) is 10.9. The van der Waals surface area contributed by atoms with Crippen molar-refractivity contribution in [3.8, 4) is 5.69 Å². The van der Waals surface area contributed by atoms with Crippen molar-refractivity contribution in [1.29, 1.82) is 0 Å². The fourth-order valence-electron chi connectivity index (χ4n) is 5.61. The minimum absolute atomic E-state index is 0.261. The molecule has 0 N–H and O–H groups in total. The van der Waals surface area contributed by atoms with Crippen LogP contribution in [0.15, 0.2) is 91.0 Å². The molecule has 0 radical (unpaired) electrons. The van der Waals surface area contributed by atoms with Crippen molar-refractivity contribution in [2.75, 3.05) is 52.4 Å². The van der Waals surface area contributed by atoms with Gasteiger partial charge in [0, 0.05) is 63.0 Å². The minimum atomic E-state index is 0.261. The van der Waals surface area contributed by atoms with Gasteiger partial charge in [0.15, 0.2) is 0 Å². The van der Waals surface area contributed by atoms with Gasteiger partial charge >= 0.3 is 0 Å². The van der Waals surface area contributed by atoms with E-state index in [-0.39, 0.29) is 6.04 Å². The molecular weight excluding hydrogens is 502 g/mol. The highest BCUT2D eigenvalue weighted by molar-refractivity contribution is 6.30. The molecule has 1 fully saturated rings. The topological polar surface area (TPSA) is 27.5 Å². The Morgan fingerprint density at radius 2 is 1.46 bits per heavy atom. The van der Waals surface area contributed by atoms with E-state index in [0.29, 0.717) is 0 Å². The molecule has 2 heterocycles. The summed E-state index contributed by atoms with van der Waals surface area (Å²) < 4.78 is 2.05. The van der Waals surface area contributed by atoms with Gasteiger partial charge < -0.3 is 4.90 Å². The zero-order valence-electron chi connectivity index (χ0n) is 23.2. The average Bonchev–Trinajstić information content (AvgIpc) is 3.36. The first-order chi connectivity index (χ1) is 19.1. The standard InChI is InChI=1S/C33H40ClN5/c1-3-36(19-18-31-26-27(2)39(35-31)32-12-8-5-9-13-32)20-21-37-22-24-38(25-23-37)33(28-10-6-4-7-11-28)29-14-16-30(34)17-15-29/h4-17,26,33H,3,18-25H2,1-2H3. The molecule has 1 aromatic heterocycles.